The van der Waals surface area contributed by atoms with E-state index < -0.39 is 0 Å². The monoisotopic (exact) mass is 319 g/mol. The molecule has 3 aromatic rings. The lowest BCUT2D eigenvalue weighted by molar-refractivity contribution is 0.432. The standard InChI is InChI=1S/C15H11Cl2N3O/c1-18-13-5-3-2-4-10(13)15-19-14(20-21-15)9-6-7-11(16)12(17)8-9/h2-8,18H,1H3. The Hall–Kier alpha value is -2.04. The molecule has 1 aromatic heterocycles. The van der Waals surface area contributed by atoms with Crippen molar-refractivity contribution in [2.45, 2.75) is 0 Å². The molecule has 3 rings (SSSR count). The Kier molecular flexibility index (Phi) is 3.82. The van der Waals surface area contributed by atoms with Crippen molar-refractivity contribution in [3.05, 3.63) is 52.5 Å². The number of hydrogen-bond donors (Lipinski definition) is 1. The maximum atomic E-state index is 6.01. The van der Waals surface area contributed by atoms with Crippen molar-refractivity contribution >= 4 is 28.9 Å². The topological polar surface area (TPSA) is 51.0 Å². The van der Waals surface area contributed by atoms with Gasteiger partial charge in [-0.25, -0.2) is 0 Å². The Morgan fingerprint density at radius 3 is 2.62 bits per heavy atom. The normalized spacial score (nSPS) is 10.6. The van der Waals surface area contributed by atoms with E-state index in [1.54, 1.807) is 18.2 Å². The van der Waals surface area contributed by atoms with E-state index in [-0.39, 0.29) is 0 Å². The van der Waals surface area contributed by atoms with Gasteiger partial charge in [0.05, 0.1) is 15.6 Å². The molecular weight excluding hydrogens is 309 g/mol. The van der Waals surface area contributed by atoms with Crippen molar-refractivity contribution in [3.8, 4) is 22.8 Å². The summed E-state index contributed by atoms with van der Waals surface area (Å²) in [6, 6.07) is 12.9. The van der Waals surface area contributed by atoms with E-state index in [0.29, 0.717) is 21.8 Å². The number of rotatable bonds is 3. The van der Waals surface area contributed by atoms with Crippen LogP contribution in [0.25, 0.3) is 22.8 Å². The summed E-state index contributed by atoms with van der Waals surface area (Å²) >= 11 is 11.9. The van der Waals surface area contributed by atoms with Crippen molar-refractivity contribution < 1.29 is 4.52 Å². The number of hydrogen-bond acceptors (Lipinski definition) is 4. The lowest BCUT2D eigenvalue weighted by Crippen LogP contribution is -1.91. The predicted octanol–water partition coefficient (Wildman–Crippen LogP) is 4.75. The number of para-hydroxylation sites is 1. The number of halogens is 2. The molecule has 6 heteroatoms. The van der Waals surface area contributed by atoms with E-state index in [2.05, 4.69) is 15.5 Å². The molecule has 0 atom stereocenters. The summed E-state index contributed by atoms with van der Waals surface area (Å²) in [6.45, 7) is 0. The zero-order valence-electron chi connectivity index (χ0n) is 11.1. The molecule has 2 aromatic carbocycles. The second-order valence-corrected chi connectivity index (χ2v) is 5.16. The summed E-state index contributed by atoms with van der Waals surface area (Å²) < 4.78 is 5.34. The first kappa shape index (κ1) is 13.9. The van der Waals surface area contributed by atoms with Crippen molar-refractivity contribution in [3.63, 3.8) is 0 Å². The van der Waals surface area contributed by atoms with Gasteiger partial charge in [-0.2, -0.15) is 4.98 Å². The fourth-order valence-corrected chi connectivity index (χ4v) is 2.27. The predicted molar refractivity (Wildman–Crippen MR) is 84.7 cm³/mol. The third kappa shape index (κ3) is 2.73. The van der Waals surface area contributed by atoms with Crippen LogP contribution in [0.2, 0.25) is 10.0 Å². The van der Waals surface area contributed by atoms with Gasteiger partial charge in [0, 0.05) is 18.3 Å². The average molecular weight is 320 g/mol. The Labute approximate surface area is 131 Å². The van der Waals surface area contributed by atoms with Crippen LogP contribution in [0.5, 0.6) is 0 Å². The van der Waals surface area contributed by atoms with Gasteiger partial charge in [0.1, 0.15) is 0 Å². The van der Waals surface area contributed by atoms with Crippen LogP contribution in [0.4, 0.5) is 5.69 Å². The molecule has 0 unspecified atom stereocenters. The van der Waals surface area contributed by atoms with Crippen molar-refractivity contribution in [2.24, 2.45) is 0 Å². The van der Waals surface area contributed by atoms with E-state index in [1.807, 2.05) is 31.3 Å². The van der Waals surface area contributed by atoms with Crippen LogP contribution >= 0.6 is 23.2 Å². The van der Waals surface area contributed by atoms with E-state index in [1.165, 1.54) is 0 Å². The van der Waals surface area contributed by atoms with Gasteiger partial charge in [-0.05, 0) is 30.3 Å². The van der Waals surface area contributed by atoms with Crippen LogP contribution in [-0.2, 0) is 0 Å². The highest BCUT2D eigenvalue weighted by Crippen LogP contribution is 2.30. The highest BCUT2D eigenvalue weighted by molar-refractivity contribution is 6.42. The van der Waals surface area contributed by atoms with Crippen molar-refractivity contribution in [1.82, 2.24) is 10.1 Å². The zero-order valence-corrected chi connectivity index (χ0v) is 12.6. The molecule has 0 spiro atoms. The largest absolute Gasteiger partial charge is 0.387 e. The third-order valence-electron chi connectivity index (χ3n) is 3.03. The molecule has 0 saturated heterocycles. The molecule has 0 aliphatic heterocycles. The molecule has 0 radical (unpaired) electrons. The van der Waals surface area contributed by atoms with Gasteiger partial charge in [0.2, 0.25) is 5.82 Å². The molecule has 0 aliphatic rings. The number of aromatic nitrogens is 2. The molecule has 0 amide bonds. The van der Waals surface area contributed by atoms with Gasteiger partial charge >= 0.3 is 0 Å². The smallest absolute Gasteiger partial charge is 0.260 e. The molecule has 0 aliphatic carbocycles. The highest BCUT2D eigenvalue weighted by Gasteiger charge is 2.14. The van der Waals surface area contributed by atoms with E-state index >= 15 is 0 Å². The van der Waals surface area contributed by atoms with E-state index in [9.17, 15) is 0 Å². The maximum Gasteiger partial charge on any atom is 0.260 e. The van der Waals surface area contributed by atoms with Crippen LogP contribution in [-0.4, -0.2) is 17.2 Å². The van der Waals surface area contributed by atoms with Gasteiger partial charge < -0.3 is 9.84 Å². The van der Waals surface area contributed by atoms with Crippen LogP contribution in [0.1, 0.15) is 0 Å². The number of anilines is 1. The fourth-order valence-electron chi connectivity index (χ4n) is 1.97. The first-order chi connectivity index (χ1) is 10.2. The van der Waals surface area contributed by atoms with Crippen molar-refractivity contribution in [1.29, 1.82) is 0 Å². The maximum absolute atomic E-state index is 6.01. The van der Waals surface area contributed by atoms with Crippen LogP contribution in [0.15, 0.2) is 47.0 Å². The molecule has 0 saturated carbocycles. The molecule has 21 heavy (non-hydrogen) atoms. The molecule has 106 valence electrons. The van der Waals surface area contributed by atoms with Crippen LogP contribution in [0.3, 0.4) is 0 Å². The zero-order chi connectivity index (χ0) is 14.8. The number of benzene rings is 2. The second-order valence-electron chi connectivity index (χ2n) is 4.35. The minimum absolute atomic E-state index is 0.445. The number of nitrogens with zero attached hydrogens (tertiary/aromatic N) is 2. The molecule has 1 N–H and O–H groups in total. The van der Waals surface area contributed by atoms with Gasteiger partial charge in [-0.3, -0.25) is 0 Å². The van der Waals surface area contributed by atoms with E-state index in [0.717, 1.165) is 16.8 Å². The highest BCUT2D eigenvalue weighted by atomic mass is 35.5. The Morgan fingerprint density at radius 1 is 1.05 bits per heavy atom. The summed E-state index contributed by atoms with van der Waals surface area (Å²) in [5.74, 6) is 0.912. The van der Waals surface area contributed by atoms with Crippen molar-refractivity contribution in [2.75, 3.05) is 12.4 Å². The summed E-state index contributed by atoms with van der Waals surface area (Å²) in [6.07, 6.45) is 0. The molecule has 0 bridgehead atoms. The third-order valence-corrected chi connectivity index (χ3v) is 3.77. The minimum atomic E-state index is 0.445. The minimum Gasteiger partial charge on any atom is -0.387 e. The molecule has 4 nitrogen and oxygen atoms in total. The SMILES string of the molecule is CNc1ccccc1-c1nc(-c2ccc(Cl)c(Cl)c2)no1. The molecular formula is C15H11Cl2N3O. The summed E-state index contributed by atoms with van der Waals surface area (Å²) in [5.41, 5.74) is 2.52. The quantitative estimate of drug-likeness (QED) is 0.756. The lowest BCUT2D eigenvalue weighted by atomic mass is 10.1. The summed E-state index contributed by atoms with van der Waals surface area (Å²) in [4.78, 5) is 4.41. The van der Waals surface area contributed by atoms with E-state index in [4.69, 9.17) is 27.7 Å². The Balaban J connectivity index is 2.01. The first-order valence-electron chi connectivity index (χ1n) is 6.25. The van der Waals surface area contributed by atoms with Gasteiger partial charge in [0.25, 0.3) is 5.89 Å². The second kappa shape index (κ2) is 5.76. The number of nitrogens with one attached hydrogen (secondary N) is 1. The Morgan fingerprint density at radius 2 is 1.86 bits per heavy atom. The van der Waals surface area contributed by atoms with Crippen LogP contribution < -0.4 is 5.32 Å². The molecule has 1 heterocycles. The summed E-state index contributed by atoms with van der Waals surface area (Å²) in [7, 11) is 1.84. The molecule has 0 fully saturated rings. The van der Waals surface area contributed by atoms with Crippen LogP contribution in [0, 0.1) is 0 Å². The van der Waals surface area contributed by atoms with Gasteiger partial charge in [-0.1, -0.05) is 40.5 Å². The first-order valence-corrected chi connectivity index (χ1v) is 7.01. The average Bonchev–Trinajstić information content (AvgIpc) is 2.99. The lowest BCUT2D eigenvalue weighted by Gasteiger charge is -2.03. The van der Waals surface area contributed by atoms with Gasteiger partial charge in [-0.15, -0.1) is 0 Å². The summed E-state index contributed by atoms with van der Waals surface area (Å²) in [5, 5.41) is 8.03. The Bertz CT molecular complexity index is 786. The fraction of sp³-hybridized carbons (Fsp3) is 0.0667. The van der Waals surface area contributed by atoms with Gasteiger partial charge in [0.15, 0.2) is 0 Å².